The molecule has 0 spiro atoms. The Balaban J connectivity index is 1.91. The quantitative estimate of drug-likeness (QED) is 0.396. The first-order valence-corrected chi connectivity index (χ1v) is 8.59. The molecule has 0 amide bonds. The Hall–Kier alpha value is -2.60. The van der Waals surface area contributed by atoms with Gasteiger partial charge in [-0.3, -0.25) is 0 Å². The normalized spacial score (nSPS) is 13.2. The molecule has 1 atom stereocenters. The Morgan fingerprint density at radius 2 is 1.67 bits per heavy atom. The molecule has 0 saturated heterocycles. The molecule has 1 aliphatic rings. The van der Waals surface area contributed by atoms with Crippen molar-refractivity contribution in [2.24, 2.45) is 0 Å². The maximum absolute atomic E-state index is 4.14. The van der Waals surface area contributed by atoms with Crippen molar-refractivity contribution in [3.63, 3.8) is 0 Å². The Bertz CT molecular complexity index is 916. The van der Waals surface area contributed by atoms with E-state index in [2.05, 4.69) is 87.2 Å². The molecule has 0 nitrogen and oxygen atoms in total. The number of aryl methyl sites for hydroxylation is 2. The second-order valence-corrected chi connectivity index (χ2v) is 6.78. The fourth-order valence-corrected chi connectivity index (χ4v) is 4.06. The van der Waals surface area contributed by atoms with Gasteiger partial charge in [-0.05, 0) is 59.2 Å². The van der Waals surface area contributed by atoms with Crippen molar-refractivity contribution in [1.82, 2.24) is 0 Å². The molecule has 1 aliphatic carbocycles. The van der Waals surface area contributed by atoms with Crippen LogP contribution in [0, 0.1) is 13.8 Å². The van der Waals surface area contributed by atoms with Crippen LogP contribution in [0.15, 0.2) is 73.3 Å². The minimum absolute atomic E-state index is 0.247. The van der Waals surface area contributed by atoms with E-state index >= 15 is 0 Å². The topological polar surface area (TPSA) is 0 Å². The Labute approximate surface area is 144 Å². The van der Waals surface area contributed by atoms with Gasteiger partial charge < -0.3 is 0 Å². The number of hydrogen-bond donors (Lipinski definition) is 0. The van der Waals surface area contributed by atoms with Gasteiger partial charge in [0.15, 0.2) is 0 Å². The first-order chi connectivity index (χ1) is 11.7. The van der Waals surface area contributed by atoms with Crippen molar-refractivity contribution in [2.45, 2.75) is 26.2 Å². The largest absolute Gasteiger partial charge is 0.102 e. The van der Waals surface area contributed by atoms with Crippen molar-refractivity contribution in [3.05, 3.63) is 107 Å². The van der Waals surface area contributed by atoms with Crippen molar-refractivity contribution in [1.29, 1.82) is 0 Å². The standard InChI is InChI=1S/C24H22/c1-4-20(18-8-6-5-7-9-18)24-17(3)11-13-22-21-12-10-16(2)14-19(21)15-23(22)24/h4-14,20H,1,15H2,2-3H3. The second-order valence-electron chi connectivity index (χ2n) is 6.78. The van der Waals surface area contributed by atoms with Gasteiger partial charge in [0.25, 0.3) is 0 Å². The monoisotopic (exact) mass is 310 g/mol. The summed E-state index contributed by atoms with van der Waals surface area (Å²) < 4.78 is 0. The zero-order chi connectivity index (χ0) is 16.7. The molecule has 0 fully saturated rings. The van der Waals surface area contributed by atoms with Crippen LogP contribution in [-0.4, -0.2) is 0 Å². The van der Waals surface area contributed by atoms with Gasteiger partial charge in [-0.1, -0.05) is 72.3 Å². The van der Waals surface area contributed by atoms with Crippen molar-refractivity contribution in [2.75, 3.05) is 0 Å². The lowest BCUT2D eigenvalue weighted by Gasteiger charge is -2.20. The minimum atomic E-state index is 0.247. The molecule has 0 heteroatoms. The summed E-state index contributed by atoms with van der Waals surface area (Å²) in [7, 11) is 0. The van der Waals surface area contributed by atoms with Crippen molar-refractivity contribution >= 4 is 0 Å². The average molecular weight is 310 g/mol. The molecule has 24 heavy (non-hydrogen) atoms. The van der Waals surface area contributed by atoms with E-state index in [0.29, 0.717) is 0 Å². The lowest BCUT2D eigenvalue weighted by molar-refractivity contribution is 0.981. The first kappa shape index (κ1) is 15.0. The number of rotatable bonds is 3. The zero-order valence-electron chi connectivity index (χ0n) is 14.3. The molecule has 0 aromatic heterocycles. The summed E-state index contributed by atoms with van der Waals surface area (Å²) in [4.78, 5) is 0. The van der Waals surface area contributed by atoms with Crippen LogP contribution in [0.4, 0.5) is 0 Å². The summed E-state index contributed by atoms with van der Waals surface area (Å²) in [6.07, 6.45) is 3.12. The highest BCUT2D eigenvalue weighted by Gasteiger charge is 2.25. The van der Waals surface area contributed by atoms with E-state index in [-0.39, 0.29) is 5.92 Å². The van der Waals surface area contributed by atoms with Crippen LogP contribution < -0.4 is 0 Å². The van der Waals surface area contributed by atoms with E-state index in [9.17, 15) is 0 Å². The van der Waals surface area contributed by atoms with Crippen molar-refractivity contribution in [3.8, 4) is 11.1 Å². The van der Waals surface area contributed by atoms with Crippen LogP contribution in [0.1, 0.15) is 39.3 Å². The summed E-state index contributed by atoms with van der Waals surface area (Å²) in [5, 5.41) is 0. The van der Waals surface area contributed by atoms with E-state index in [1.807, 2.05) is 0 Å². The summed E-state index contributed by atoms with van der Waals surface area (Å²) in [5.74, 6) is 0.247. The summed E-state index contributed by atoms with van der Waals surface area (Å²) in [6, 6.07) is 22.1. The first-order valence-electron chi connectivity index (χ1n) is 8.59. The highest BCUT2D eigenvalue weighted by Crippen LogP contribution is 2.43. The number of allylic oxidation sites excluding steroid dienone is 1. The lowest BCUT2D eigenvalue weighted by Crippen LogP contribution is -2.04. The van der Waals surface area contributed by atoms with Gasteiger partial charge in [-0.15, -0.1) is 6.58 Å². The summed E-state index contributed by atoms with van der Waals surface area (Å²) in [5.41, 5.74) is 11.2. The van der Waals surface area contributed by atoms with Crippen molar-refractivity contribution < 1.29 is 0 Å². The van der Waals surface area contributed by atoms with Gasteiger partial charge in [-0.2, -0.15) is 0 Å². The van der Waals surface area contributed by atoms with Gasteiger partial charge in [0.2, 0.25) is 0 Å². The maximum atomic E-state index is 4.14. The number of fused-ring (bicyclic) bond motifs is 3. The van der Waals surface area contributed by atoms with Gasteiger partial charge >= 0.3 is 0 Å². The molecular weight excluding hydrogens is 288 g/mol. The van der Waals surface area contributed by atoms with E-state index in [1.165, 1.54) is 44.5 Å². The van der Waals surface area contributed by atoms with Crippen LogP contribution in [0.3, 0.4) is 0 Å². The zero-order valence-corrected chi connectivity index (χ0v) is 14.3. The summed E-state index contributed by atoms with van der Waals surface area (Å²) in [6.45, 7) is 8.54. The molecular formula is C24H22. The molecule has 118 valence electrons. The highest BCUT2D eigenvalue weighted by molar-refractivity contribution is 5.79. The molecule has 4 rings (SSSR count). The smallest absolute Gasteiger partial charge is 0.0272 e. The van der Waals surface area contributed by atoms with Crippen LogP contribution in [0.2, 0.25) is 0 Å². The molecule has 0 bridgehead atoms. The molecule has 0 N–H and O–H groups in total. The van der Waals surface area contributed by atoms with E-state index in [4.69, 9.17) is 0 Å². The van der Waals surface area contributed by atoms with E-state index in [0.717, 1.165) is 6.42 Å². The average Bonchev–Trinajstić information content (AvgIpc) is 2.95. The molecule has 3 aromatic carbocycles. The molecule has 0 saturated carbocycles. The molecule has 0 heterocycles. The Morgan fingerprint density at radius 3 is 2.42 bits per heavy atom. The van der Waals surface area contributed by atoms with Crippen LogP contribution in [0.5, 0.6) is 0 Å². The van der Waals surface area contributed by atoms with Gasteiger partial charge in [0, 0.05) is 5.92 Å². The van der Waals surface area contributed by atoms with E-state index < -0.39 is 0 Å². The maximum Gasteiger partial charge on any atom is 0.0272 e. The number of hydrogen-bond acceptors (Lipinski definition) is 0. The minimum Gasteiger partial charge on any atom is -0.102 e. The molecule has 0 aliphatic heterocycles. The fourth-order valence-electron chi connectivity index (χ4n) is 4.06. The van der Waals surface area contributed by atoms with Gasteiger partial charge in [0.1, 0.15) is 0 Å². The molecule has 3 aromatic rings. The van der Waals surface area contributed by atoms with Crippen LogP contribution in [-0.2, 0) is 6.42 Å². The third-order valence-electron chi connectivity index (χ3n) is 5.20. The Kier molecular flexibility index (Phi) is 3.61. The van der Waals surface area contributed by atoms with Gasteiger partial charge in [0.05, 0.1) is 0 Å². The Morgan fingerprint density at radius 1 is 0.917 bits per heavy atom. The summed E-state index contributed by atoms with van der Waals surface area (Å²) >= 11 is 0. The second kappa shape index (κ2) is 5.79. The van der Waals surface area contributed by atoms with Gasteiger partial charge in [-0.25, -0.2) is 0 Å². The predicted molar refractivity (Wildman–Crippen MR) is 103 cm³/mol. The SMILES string of the molecule is C=CC(c1ccccc1)c1c(C)ccc2c1Cc1cc(C)ccc1-2. The predicted octanol–water partition coefficient (Wildman–Crippen LogP) is 6.19. The highest BCUT2D eigenvalue weighted by atomic mass is 14.3. The van der Waals surface area contributed by atoms with Crippen LogP contribution >= 0.6 is 0 Å². The number of benzene rings is 3. The molecule has 0 radical (unpaired) electrons. The van der Waals surface area contributed by atoms with Crippen LogP contribution in [0.25, 0.3) is 11.1 Å². The fraction of sp³-hybridized carbons (Fsp3) is 0.167. The van der Waals surface area contributed by atoms with E-state index in [1.54, 1.807) is 0 Å². The third kappa shape index (κ3) is 2.30. The lowest BCUT2D eigenvalue weighted by atomic mass is 9.83. The third-order valence-corrected chi connectivity index (χ3v) is 5.20. The molecule has 1 unspecified atom stereocenters.